The lowest BCUT2D eigenvalue weighted by atomic mass is 9.80. The zero-order chi connectivity index (χ0) is 14.9. The van der Waals surface area contributed by atoms with Gasteiger partial charge >= 0.3 is 0 Å². The molecule has 1 saturated heterocycles. The van der Waals surface area contributed by atoms with E-state index >= 15 is 0 Å². The number of hydrogen-bond donors (Lipinski definition) is 0. The van der Waals surface area contributed by atoms with Crippen LogP contribution in [0.5, 0.6) is 0 Å². The maximum Gasteiger partial charge on any atom is 0.233 e. The Balaban J connectivity index is 1.90. The molecule has 0 bridgehead atoms. The predicted molar refractivity (Wildman–Crippen MR) is 75.8 cm³/mol. The van der Waals surface area contributed by atoms with Crippen molar-refractivity contribution in [2.24, 2.45) is 23.7 Å². The number of carbonyl (C=O) groups excluding carboxylic acids is 3. The van der Waals surface area contributed by atoms with Crippen LogP contribution < -0.4 is 0 Å². The Hall–Kier alpha value is -1.19. The lowest BCUT2D eigenvalue weighted by molar-refractivity contribution is -0.141. The maximum atomic E-state index is 12.3. The second kappa shape index (κ2) is 6.06. The van der Waals surface area contributed by atoms with Crippen LogP contribution in [0.4, 0.5) is 0 Å². The summed E-state index contributed by atoms with van der Waals surface area (Å²) in [5.74, 6) is 0.947. The largest absolute Gasteiger partial charge is 0.300 e. The number of nitrogens with zero attached hydrogens (tertiary/aromatic N) is 1. The molecule has 0 aromatic carbocycles. The van der Waals surface area contributed by atoms with E-state index in [1.807, 2.05) is 13.8 Å². The molecule has 1 aliphatic carbocycles. The van der Waals surface area contributed by atoms with Gasteiger partial charge in [0.05, 0.1) is 0 Å². The third-order valence-electron chi connectivity index (χ3n) is 4.95. The minimum atomic E-state index is -0.129. The fraction of sp³-hybridized carbons (Fsp3) is 0.812. The van der Waals surface area contributed by atoms with Gasteiger partial charge in [-0.25, -0.2) is 0 Å². The predicted octanol–water partition coefficient (Wildman–Crippen LogP) is 2.41. The van der Waals surface area contributed by atoms with Gasteiger partial charge in [-0.05, 0) is 44.4 Å². The van der Waals surface area contributed by atoms with Crippen molar-refractivity contribution in [2.45, 2.75) is 52.9 Å². The average Bonchev–Trinajstić information content (AvgIpc) is 2.67. The lowest BCUT2D eigenvalue weighted by Crippen LogP contribution is -2.37. The van der Waals surface area contributed by atoms with Crippen molar-refractivity contribution in [2.75, 3.05) is 6.54 Å². The van der Waals surface area contributed by atoms with E-state index in [1.165, 1.54) is 4.90 Å². The molecule has 20 heavy (non-hydrogen) atoms. The third-order valence-corrected chi connectivity index (χ3v) is 4.95. The quantitative estimate of drug-likeness (QED) is 0.743. The molecule has 1 heterocycles. The Bertz CT molecular complexity index is 408. The van der Waals surface area contributed by atoms with Gasteiger partial charge in [0.15, 0.2) is 0 Å². The lowest BCUT2D eigenvalue weighted by Gasteiger charge is -2.29. The molecule has 2 aliphatic rings. The minimum Gasteiger partial charge on any atom is -0.300 e. The molecule has 4 nitrogen and oxygen atoms in total. The smallest absolute Gasteiger partial charge is 0.233 e. The van der Waals surface area contributed by atoms with Crippen LogP contribution in [0.3, 0.4) is 0 Å². The molecule has 0 radical (unpaired) electrons. The molecule has 1 saturated carbocycles. The minimum absolute atomic E-state index is 0.0117. The SMILES string of the molecule is CC(=O)C1CCC(CN2C(=O)C[C@H](C(C)C)C2=O)CC1. The molecule has 4 heteroatoms. The molecule has 2 fully saturated rings. The summed E-state index contributed by atoms with van der Waals surface area (Å²) in [4.78, 5) is 37.1. The van der Waals surface area contributed by atoms with Gasteiger partial charge in [0, 0.05) is 24.8 Å². The van der Waals surface area contributed by atoms with Crippen molar-refractivity contribution in [3.8, 4) is 0 Å². The highest BCUT2D eigenvalue weighted by molar-refractivity contribution is 6.03. The highest BCUT2D eigenvalue weighted by Gasteiger charge is 2.41. The van der Waals surface area contributed by atoms with Crippen LogP contribution in [0, 0.1) is 23.7 Å². The second-order valence-electron chi connectivity index (χ2n) is 6.73. The number of Topliss-reactive ketones (excluding diaryl/α,β-unsaturated/α-hetero) is 1. The molecule has 0 spiro atoms. The topological polar surface area (TPSA) is 54.5 Å². The molecule has 0 aromatic rings. The fourth-order valence-corrected chi connectivity index (χ4v) is 3.43. The summed E-state index contributed by atoms with van der Waals surface area (Å²) >= 11 is 0. The van der Waals surface area contributed by atoms with Crippen LogP contribution in [0.25, 0.3) is 0 Å². The zero-order valence-electron chi connectivity index (χ0n) is 12.7. The second-order valence-corrected chi connectivity index (χ2v) is 6.73. The van der Waals surface area contributed by atoms with E-state index in [-0.39, 0.29) is 35.4 Å². The van der Waals surface area contributed by atoms with E-state index in [9.17, 15) is 14.4 Å². The number of amides is 2. The van der Waals surface area contributed by atoms with Crippen molar-refractivity contribution in [1.29, 1.82) is 0 Å². The molecule has 112 valence electrons. The van der Waals surface area contributed by atoms with Crippen LogP contribution in [0.15, 0.2) is 0 Å². The summed E-state index contributed by atoms with van der Waals surface area (Å²) in [6.07, 6.45) is 4.09. The van der Waals surface area contributed by atoms with Crippen molar-refractivity contribution in [3.05, 3.63) is 0 Å². The van der Waals surface area contributed by atoms with Gasteiger partial charge in [0.1, 0.15) is 5.78 Å². The van der Waals surface area contributed by atoms with Crippen molar-refractivity contribution in [1.82, 2.24) is 4.90 Å². The number of ketones is 1. The van der Waals surface area contributed by atoms with E-state index in [0.717, 1.165) is 25.7 Å². The molecule has 2 rings (SSSR count). The van der Waals surface area contributed by atoms with Crippen LogP contribution in [-0.2, 0) is 14.4 Å². The Morgan fingerprint density at radius 1 is 1.20 bits per heavy atom. The molecule has 0 aromatic heterocycles. The highest BCUT2D eigenvalue weighted by atomic mass is 16.2. The van der Waals surface area contributed by atoms with E-state index in [1.54, 1.807) is 6.92 Å². The summed E-state index contributed by atoms with van der Waals surface area (Å²) in [7, 11) is 0. The Labute approximate surface area is 120 Å². The summed E-state index contributed by atoms with van der Waals surface area (Å²) in [5, 5.41) is 0. The van der Waals surface area contributed by atoms with Crippen LogP contribution >= 0.6 is 0 Å². The number of carbonyl (C=O) groups is 3. The van der Waals surface area contributed by atoms with Crippen LogP contribution in [0.2, 0.25) is 0 Å². The van der Waals surface area contributed by atoms with E-state index in [4.69, 9.17) is 0 Å². The molecule has 0 unspecified atom stereocenters. The van der Waals surface area contributed by atoms with E-state index in [0.29, 0.717) is 18.9 Å². The Kier molecular flexibility index (Phi) is 4.61. The molecule has 2 amide bonds. The zero-order valence-corrected chi connectivity index (χ0v) is 12.7. The van der Waals surface area contributed by atoms with Gasteiger partial charge < -0.3 is 0 Å². The van der Waals surface area contributed by atoms with Gasteiger partial charge in [-0.15, -0.1) is 0 Å². The maximum absolute atomic E-state index is 12.3. The van der Waals surface area contributed by atoms with Gasteiger partial charge in [0.2, 0.25) is 11.8 Å². The van der Waals surface area contributed by atoms with Gasteiger partial charge in [0.25, 0.3) is 0 Å². The number of imide groups is 1. The van der Waals surface area contributed by atoms with Gasteiger partial charge in [-0.3, -0.25) is 19.3 Å². The van der Waals surface area contributed by atoms with Gasteiger partial charge in [-0.1, -0.05) is 13.8 Å². The Morgan fingerprint density at radius 3 is 2.25 bits per heavy atom. The first-order valence-corrected chi connectivity index (χ1v) is 7.74. The number of likely N-dealkylation sites (tertiary alicyclic amines) is 1. The van der Waals surface area contributed by atoms with Gasteiger partial charge in [-0.2, -0.15) is 0 Å². The average molecular weight is 279 g/mol. The molecule has 1 atom stereocenters. The molecular formula is C16H25NO3. The summed E-state index contributed by atoms with van der Waals surface area (Å²) in [6, 6.07) is 0. The molecule has 1 aliphatic heterocycles. The standard InChI is InChI=1S/C16H25NO3/c1-10(2)14-8-15(19)17(16(14)20)9-12-4-6-13(7-5-12)11(3)18/h10,12-14H,4-9H2,1-3H3/t12?,13?,14-/m1/s1. The summed E-state index contributed by atoms with van der Waals surface area (Å²) < 4.78 is 0. The Morgan fingerprint density at radius 2 is 1.80 bits per heavy atom. The van der Waals surface area contributed by atoms with Crippen LogP contribution in [-0.4, -0.2) is 29.0 Å². The van der Waals surface area contributed by atoms with Crippen molar-refractivity contribution >= 4 is 17.6 Å². The van der Waals surface area contributed by atoms with E-state index < -0.39 is 0 Å². The fourth-order valence-electron chi connectivity index (χ4n) is 3.43. The van der Waals surface area contributed by atoms with Crippen molar-refractivity contribution in [3.63, 3.8) is 0 Å². The van der Waals surface area contributed by atoms with Crippen molar-refractivity contribution < 1.29 is 14.4 Å². The highest BCUT2D eigenvalue weighted by Crippen LogP contribution is 2.33. The number of rotatable bonds is 4. The van der Waals surface area contributed by atoms with Crippen LogP contribution in [0.1, 0.15) is 52.9 Å². The molecular weight excluding hydrogens is 254 g/mol. The monoisotopic (exact) mass is 279 g/mol. The first-order chi connectivity index (χ1) is 9.40. The first-order valence-electron chi connectivity index (χ1n) is 7.74. The summed E-state index contributed by atoms with van der Waals surface area (Å²) in [5.41, 5.74) is 0. The third kappa shape index (κ3) is 3.10. The number of hydrogen-bond acceptors (Lipinski definition) is 3. The van der Waals surface area contributed by atoms with E-state index in [2.05, 4.69) is 0 Å². The normalized spacial score (nSPS) is 31.2. The molecule has 0 N–H and O–H groups in total. The summed E-state index contributed by atoms with van der Waals surface area (Å²) in [6.45, 7) is 6.21. The first kappa shape index (κ1) is 15.2.